The highest BCUT2D eigenvalue weighted by Gasteiger charge is 2.17. The number of nitrogens with one attached hydrogen (secondary N) is 2. The molecule has 0 saturated heterocycles. The summed E-state index contributed by atoms with van der Waals surface area (Å²) in [5.74, 6) is -0.624. The van der Waals surface area contributed by atoms with Gasteiger partial charge >= 0.3 is 6.09 Å². The Morgan fingerprint density at radius 3 is 2.54 bits per heavy atom. The van der Waals surface area contributed by atoms with Crippen molar-refractivity contribution in [1.82, 2.24) is 5.32 Å². The van der Waals surface area contributed by atoms with Crippen LogP contribution in [-0.4, -0.2) is 31.6 Å². The van der Waals surface area contributed by atoms with Gasteiger partial charge in [0.2, 0.25) is 0 Å². The van der Waals surface area contributed by atoms with E-state index in [1.54, 1.807) is 29.6 Å². The molecule has 3 amide bonds. The number of amides is 3. The molecule has 0 radical (unpaired) electrons. The normalized spacial score (nSPS) is 9.92. The second kappa shape index (κ2) is 8.32. The molecule has 0 aliphatic heterocycles. The topological polar surface area (TPSA) is 93.7 Å². The Morgan fingerprint density at radius 2 is 1.88 bits per heavy atom. The van der Waals surface area contributed by atoms with Gasteiger partial charge in [-0.15, -0.1) is 11.3 Å². The number of anilines is 1. The van der Waals surface area contributed by atoms with Gasteiger partial charge in [0.25, 0.3) is 11.8 Å². The van der Waals surface area contributed by atoms with E-state index in [0.717, 1.165) is 18.4 Å². The van der Waals surface area contributed by atoms with Crippen molar-refractivity contribution in [3.63, 3.8) is 0 Å². The summed E-state index contributed by atoms with van der Waals surface area (Å²) in [5, 5.41) is 7.06. The fourth-order valence-corrected chi connectivity index (χ4v) is 2.57. The van der Waals surface area contributed by atoms with E-state index >= 15 is 0 Å². The lowest BCUT2D eigenvalue weighted by Gasteiger charge is -2.08. The first kappa shape index (κ1) is 17.8. The third kappa shape index (κ3) is 4.97. The first-order valence-electron chi connectivity index (χ1n) is 6.64. The minimum atomic E-state index is -0.880. The molecule has 2 rings (SSSR count). The van der Waals surface area contributed by atoms with Crippen LogP contribution < -0.4 is 15.4 Å². The van der Waals surface area contributed by atoms with Crippen LogP contribution in [0.2, 0.25) is 5.02 Å². The van der Waals surface area contributed by atoms with Crippen LogP contribution in [0.1, 0.15) is 10.4 Å². The molecule has 2 aromatic rings. The van der Waals surface area contributed by atoms with E-state index in [0.29, 0.717) is 15.8 Å². The molecule has 2 N–H and O–H groups in total. The number of rotatable bonds is 5. The number of halogens is 1. The number of alkyl carbamates (subject to hydrolysis) is 1. The highest BCUT2D eigenvalue weighted by atomic mass is 35.5. The van der Waals surface area contributed by atoms with Gasteiger partial charge in [0.15, 0.2) is 6.61 Å². The SMILES string of the molecule is COC(=O)NC(=O)c1ccsc1NC(=O)COc1ccc(Cl)cc1. The van der Waals surface area contributed by atoms with E-state index in [9.17, 15) is 14.4 Å². The van der Waals surface area contributed by atoms with Crippen molar-refractivity contribution >= 4 is 45.8 Å². The lowest BCUT2D eigenvalue weighted by Crippen LogP contribution is -2.30. The fourth-order valence-electron chi connectivity index (χ4n) is 1.64. The smallest absolute Gasteiger partial charge is 0.413 e. The quantitative estimate of drug-likeness (QED) is 0.846. The van der Waals surface area contributed by atoms with Crippen LogP contribution in [0.3, 0.4) is 0 Å². The Kier molecular flexibility index (Phi) is 6.16. The van der Waals surface area contributed by atoms with Crippen LogP contribution >= 0.6 is 22.9 Å². The number of benzene rings is 1. The number of methoxy groups -OCH3 is 1. The van der Waals surface area contributed by atoms with Crippen LogP contribution in [0, 0.1) is 0 Å². The molecule has 1 aromatic carbocycles. The van der Waals surface area contributed by atoms with Crippen LogP contribution in [0.15, 0.2) is 35.7 Å². The first-order valence-corrected chi connectivity index (χ1v) is 7.90. The van der Waals surface area contributed by atoms with Crippen molar-refractivity contribution in [2.45, 2.75) is 0 Å². The molecule has 0 atom stereocenters. The van der Waals surface area contributed by atoms with Gasteiger partial charge in [-0.2, -0.15) is 0 Å². The van der Waals surface area contributed by atoms with Crippen molar-refractivity contribution in [2.75, 3.05) is 19.0 Å². The standard InChI is InChI=1S/C15H13ClN2O5S/c1-22-15(21)18-13(20)11-6-7-24-14(11)17-12(19)8-23-10-4-2-9(16)3-5-10/h2-7H,8H2,1H3,(H,17,19)(H,18,20,21). The summed E-state index contributed by atoms with van der Waals surface area (Å²) in [6, 6.07) is 8.04. The van der Waals surface area contributed by atoms with E-state index in [2.05, 4.69) is 10.1 Å². The molecule has 0 spiro atoms. The third-order valence-corrected chi connectivity index (χ3v) is 3.83. The Hall–Kier alpha value is -2.58. The molecule has 126 valence electrons. The number of ether oxygens (including phenoxy) is 2. The predicted octanol–water partition coefficient (Wildman–Crippen LogP) is 2.92. The number of hydrogen-bond acceptors (Lipinski definition) is 6. The maximum Gasteiger partial charge on any atom is 0.413 e. The molecule has 1 heterocycles. The molecule has 0 bridgehead atoms. The van der Waals surface area contributed by atoms with Crippen molar-refractivity contribution in [2.24, 2.45) is 0 Å². The van der Waals surface area contributed by atoms with E-state index < -0.39 is 17.9 Å². The number of hydrogen-bond donors (Lipinski definition) is 2. The van der Waals surface area contributed by atoms with Crippen LogP contribution in [-0.2, 0) is 9.53 Å². The summed E-state index contributed by atoms with van der Waals surface area (Å²) in [5.41, 5.74) is 0.158. The molecule has 0 saturated carbocycles. The summed E-state index contributed by atoms with van der Waals surface area (Å²) in [4.78, 5) is 34.9. The van der Waals surface area contributed by atoms with Gasteiger partial charge in [0.05, 0.1) is 12.7 Å². The van der Waals surface area contributed by atoms with Crippen LogP contribution in [0.25, 0.3) is 0 Å². The van der Waals surface area contributed by atoms with Crippen LogP contribution in [0.4, 0.5) is 9.80 Å². The summed E-state index contributed by atoms with van der Waals surface area (Å²) < 4.78 is 9.66. The zero-order valence-corrected chi connectivity index (χ0v) is 14.1. The first-order chi connectivity index (χ1) is 11.5. The molecule has 0 unspecified atom stereocenters. The monoisotopic (exact) mass is 368 g/mol. The van der Waals surface area contributed by atoms with Gasteiger partial charge in [0, 0.05) is 5.02 Å². The van der Waals surface area contributed by atoms with Crippen molar-refractivity contribution in [3.05, 3.63) is 46.3 Å². The lowest BCUT2D eigenvalue weighted by atomic mass is 10.3. The van der Waals surface area contributed by atoms with Gasteiger partial charge in [-0.25, -0.2) is 4.79 Å². The second-order valence-electron chi connectivity index (χ2n) is 4.40. The van der Waals surface area contributed by atoms with Gasteiger partial charge in [-0.05, 0) is 35.7 Å². The predicted molar refractivity (Wildman–Crippen MR) is 89.8 cm³/mol. The minimum absolute atomic E-state index is 0.158. The van der Waals surface area contributed by atoms with E-state index in [4.69, 9.17) is 16.3 Å². The Balaban J connectivity index is 1.92. The van der Waals surface area contributed by atoms with Crippen LogP contribution in [0.5, 0.6) is 5.75 Å². The molecule has 9 heteroatoms. The lowest BCUT2D eigenvalue weighted by molar-refractivity contribution is -0.118. The zero-order valence-electron chi connectivity index (χ0n) is 12.5. The molecule has 24 heavy (non-hydrogen) atoms. The summed E-state index contributed by atoms with van der Waals surface area (Å²) in [7, 11) is 1.15. The van der Waals surface area contributed by atoms with Gasteiger partial charge in [0.1, 0.15) is 10.8 Å². The van der Waals surface area contributed by atoms with Crippen molar-refractivity contribution < 1.29 is 23.9 Å². The molecule has 0 fully saturated rings. The van der Waals surface area contributed by atoms with Crippen molar-refractivity contribution in [3.8, 4) is 5.75 Å². The molecular formula is C15H13ClN2O5S. The minimum Gasteiger partial charge on any atom is -0.484 e. The zero-order chi connectivity index (χ0) is 17.5. The highest BCUT2D eigenvalue weighted by molar-refractivity contribution is 7.14. The fraction of sp³-hybridized carbons (Fsp3) is 0.133. The average Bonchev–Trinajstić information content (AvgIpc) is 3.02. The Labute approximate surface area is 146 Å². The summed E-state index contributed by atoms with van der Waals surface area (Å²) in [6.07, 6.45) is -0.880. The Morgan fingerprint density at radius 1 is 1.17 bits per heavy atom. The second-order valence-corrected chi connectivity index (χ2v) is 5.75. The highest BCUT2D eigenvalue weighted by Crippen LogP contribution is 2.23. The maximum atomic E-state index is 11.9. The van der Waals surface area contributed by atoms with E-state index in [1.165, 1.54) is 6.07 Å². The molecular weight excluding hydrogens is 356 g/mol. The number of imide groups is 1. The van der Waals surface area contributed by atoms with E-state index in [-0.39, 0.29) is 12.2 Å². The van der Waals surface area contributed by atoms with Crippen molar-refractivity contribution in [1.29, 1.82) is 0 Å². The molecule has 0 aliphatic rings. The number of thiophene rings is 1. The number of carbonyl (C=O) groups excluding carboxylic acids is 3. The van der Waals surface area contributed by atoms with E-state index in [1.807, 2.05) is 5.32 Å². The van der Waals surface area contributed by atoms with Gasteiger partial charge in [-0.1, -0.05) is 11.6 Å². The van der Waals surface area contributed by atoms with Gasteiger partial charge in [-0.3, -0.25) is 14.9 Å². The maximum absolute atomic E-state index is 11.9. The summed E-state index contributed by atoms with van der Waals surface area (Å²) in [6.45, 7) is -0.238. The molecule has 1 aromatic heterocycles. The average molecular weight is 369 g/mol. The number of carbonyl (C=O) groups is 3. The largest absolute Gasteiger partial charge is 0.484 e. The summed E-state index contributed by atoms with van der Waals surface area (Å²) >= 11 is 6.91. The molecule has 0 aliphatic carbocycles. The van der Waals surface area contributed by atoms with Gasteiger partial charge < -0.3 is 14.8 Å². The Bertz CT molecular complexity index is 745. The third-order valence-electron chi connectivity index (χ3n) is 2.75. The molecule has 7 nitrogen and oxygen atoms in total.